The molecule has 5 nitrogen and oxygen atoms in total. The minimum Gasteiger partial charge on any atom is -0.477 e. The monoisotopic (exact) mass is 360 g/mol. The summed E-state index contributed by atoms with van der Waals surface area (Å²) in [6.07, 6.45) is 3.46. The van der Waals surface area contributed by atoms with Crippen LogP contribution in [0.4, 0.5) is 0 Å². The van der Waals surface area contributed by atoms with E-state index < -0.39 is 11.5 Å². The molecule has 0 amide bonds. The minimum absolute atomic E-state index is 0.0336. The van der Waals surface area contributed by atoms with Crippen molar-refractivity contribution in [1.82, 2.24) is 9.38 Å². The van der Waals surface area contributed by atoms with Gasteiger partial charge in [0.15, 0.2) is 4.96 Å². The van der Waals surface area contributed by atoms with Crippen molar-refractivity contribution in [2.75, 3.05) is 0 Å². The molecule has 0 saturated carbocycles. The molecule has 3 aromatic rings. The zero-order chi connectivity index (χ0) is 17.4. The van der Waals surface area contributed by atoms with Crippen molar-refractivity contribution < 1.29 is 9.90 Å². The Morgan fingerprint density at radius 2 is 1.92 bits per heavy atom. The van der Waals surface area contributed by atoms with Gasteiger partial charge in [0.2, 0.25) is 0 Å². The second-order valence-corrected chi connectivity index (χ2v) is 6.66. The van der Waals surface area contributed by atoms with E-state index in [-0.39, 0.29) is 9.90 Å². The number of aromatic nitrogens is 2. The van der Waals surface area contributed by atoms with Gasteiger partial charge in [-0.05, 0) is 25.5 Å². The summed E-state index contributed by atoms with van der Waals surface area (Å²) in [4.78, 5) is 28.4. The fraction of sp³-hybridized carbons (Fsp3) is 0.118. The predicted octanol–water partition coefficient (Wildman–Crippen LogP) is 3.89. The molecule has 0 bridgehead atoms. The number of aromatic carboxylic acids is 1. The van der Waals surface area contributed by atoms with Gasteiger partial charge in [0.05, 0.1) is 11.4 Å². The molecule has 2 heterocycles. The largest absolute Gasteiger partial charge is 0.477 e. The smallest absolute Gasteiger partial charge is 0.347 e. The van der Waals surface area contributed by atoms with Gasteiger partial charge in [-0.3, -0.25) is 9.20 Å². The third kappa shape index (κ3) is 2.86. The number of rotatable bonds is 3. The molecule has 0 atom stereocenters. The molecule has 0 aliphatic heterocycles. The fourth-order valence-electron chi connectivity index (χ4n) is 2.29. The Labute approximate surface area is 146 Å². The molecule has 1 N–H and O–H groups in total. The summed E-state index contributed by atoms with van der Waals surface area (Å²) in [6, 6.07) is 7.86. The Bertz CT molecular complexity index is 1030. The number of carboxylic acids is 1. The average Bonchev–Trinajstić information content (AvgIpc) is 2.88. The molecule has 1 aromatic carbocycles. The standard InChI is InChI=1S/C17H13ClN2O3S/c1-9-3-5-11(6-4-9)7-8-12-13(18)15(21)20-10(2)14(16(22)23)24-17(20)19-12/h3-8H,1-2H3,(H,22,23)/b8-7+. The van der Waals surface area contributed by atoms with Crippen LogP contribution >= 0.6 is 22.9 Å². The normalized spacial score (nSPS) is 11.5. The second kappa shape index (κ2) is 6.22. The van der Waals surface area contributed by atoms with Gasteiger partial charge in [-0.15, -0.1) is 0 Å². The van der Waals surface area contributed by atoms with Gasteiger partial charge < -0.3 is 5.11 Å². The number of hydrogen-bond donors (Lipinski definition) is 1. The summed E-state index contributed by atoms with van der Waals surface area (Å²) in [5.74, 6) is -1.09. The van der Waals surface area contributed by atoms with Gasteiger partial charge in [-0.1, -0.05) is 58.8 Å². The van der Waals surface area contributed by atoms with Crippen LogP contribution in [-0.4, -0.2) is 20.5 Å². The van der Waals surface area contributed by atoms with E-state index in [0.717, 1.165) is 22.5 Å². The summed E-state index contributed by atoms with van der Waals surface area (Å²) in [5, 5.41) is 9.16. The lowest BCUT2D eigenvalue weighted by atomic mass is 10.1. The van der Waals surface area contributed by atoms with Crippen LogP contribution in [0.1, 0.15) is 32.2 Å². The zero-order valence-corrected chi connectivity index (χ0v) is 14.5. The minimum atomic E-state index is -1.09. The molecule has 0 aliphatic carbocycles. The van der Waals surface area contributed by atoms with Crippen molar-refractivity contribution in [2.24, 2.45) is 0 Å². The molecule has 0 spiro atoms. The summed E-state index contributed by atoms with van der Waals surface area (Å²) in [7, 11) is 0. The van der Waals surface area contributed by atoms with Gasteiger partial charge in [0, 0.05) is 0 Å². The summed E-state index contributed by atoms with van der Waals surface area (Å²) >= 11 is 7.09. The molecular formula is C17H13ClN2O3S. The van der Waals surface area contributed by atoms with Gasteiger partial charge in [-0.25, -0.2) is 9.78 Å². The fourth-order valence-corrected chi connectivity index (χ4v) is 3.44. The van der Waals surface area contributed by atoms with E-state index in [1.165, 1.54) is 4.40 Å². The molecule has 0 saturated heterocycles. The SMILES string of the molecule is Cc1ccc(/C=C/c2nc3sc(C(=O)O)c(C)n3c(=O)c2Cl)cc1. The lowest BCUT2D eigenvalue weighted by molar-refractivity contribution is 0.0701. The maximum Gasteiger partial charge on any atom is 0.347 e. The number of thiazole rings is 1. The quantitative estimate of drug-likeness (QED) is 0.769. The van der Waals surface area contributed by atoms with Crippen molar-refractivity contribution in [3.05, 3.63) is 67.0 Å². The number of fused-ring (bicyclic) bond motifs is 1. The molecule has 2 aromatic heterocycles. The first-order valence-electron chi connectivity index (χ1n) is 7.08. The molecule has 122 valence electrons. The number of carboxylic acid groups (broad SMARTS) is 1. The number of benzene rings is 1. The van der Waals surface area contributed by atoms with Gasteiger partial charge in [-0.2, -0.15) is 0 Å². The Balaban J connectivity index is 2.12. The maximum absolute atomic E-state index is 12.4. The highest BCUT2D eigenvalue weighted by atomic mass is 35.5. The van der Waals surface area contributed by atoms with Crippen molar-refractivity contribution >= 4 is 46.0 Å². The Morgan fingerprint density at radius 1 is 1.25 bits per heavy atom. The van der Waals surface area contributed by atoms with Crippen LogP contribution in [0.2, 0.25) is 5.02 Å². The summed E-state index contributed by atoms with van der Waals surface area (Å²) in [5.41, 5.74) is 2.29. The highest BCUT2D eigenvalue weighted by molar-refractivity contribution is 7.18. The van der Waals surface area contributed by atoms with Gasteiger partial charge in [0.25, 0.3) is 5.56 Å². The van der Waals surface area contributed by atoms with E-state index in [0.29, 0.717) is 16.3 Å². The number of aryl methyl sites for hydroxylation is 2. The molecule has 24 heavy (non-hydrogen) atoms. The third-order valence-electron chi connectivity index (χ3n) is 3.59. The van der Waals surface area contributed by atoms with Gasteiger partial charge in [0.1, 0.15) is 9.90 Å². The molecule has 0 aliphatic rings. The van der Waals surface area contributed by atoms with E-state index in [1.54, 1.807) is 13.0 Å². The van der Waals surface area contributed by atoms with Crippen LogP contribution in [-0.2, 0) is 0 Å². The number of halogens is 1. The van der Waals surface area contributed by atoms with E-state index in [1.807, 2.05) is 37.3 Å². The average molecular weight is 361 g/mol. The van der Waals surface area contributed by atoms with E-state index >= 15 is 0 Å². The molecule has 3 rings (SSSR count). The van der Waals surface area contributed by atoms with Crippen LogP contribution in [0.3, 0.4) is 0 Å². The van der Waals surface area contributed by atoms with Crippen molar-refractivity contribution in [1.29, 1.82) is 0 Å². The first-order chi connectivity index (χ1) is 11.4. The molecular weight excluding hydrogens is 348 g/mol. The molecule has 0 unspecified atom stereocenters. The van der Waals surface area contributed by atoms with Crippen molar-refractivity contribution in [3.8, 4) is 0 Å². The first-order valence-corrected chi connectivity index (χ1v) is 8.27. The highest BCUT2D eigenvalue weighted by Gasteiger charge is 2.19. The van der Waals surface area contributed by atoms with E-state index in [2.05, 4.69) is 4.98 Å². The maximum atomic E-state index is 12.4. The van der Waals surface area contributed by atoms with Crippen LogP contribution in [0.5, 0.6) is 0 Å². The number of nitrogens with zero attached hydrogens (tertiary/aromatic N) is 2. The Morgan fingerprint density at radius 3 is 2.54 bits per heavy atom. The van der Waals surface area contributed by atoms with Crippen molar-refractivity contribution in [3.63, 3.8) is 0 Å². The number of carbonyl (C=O) groups is 1. The Kier molecular flexibility index (Phi) is 4.26. The van der Waals surface area contributed by atoms with Crippen LogP contribution in [0.15, 0.2) is 29.1 Å². The number of hydrogen-bond acceptors (Lipinski definition) is 4. The van der Waals surface area contributed by atoms with E-state index in [4.69, 9.17) is 11.6 Å². The third-order valence-corrected chi connectivity index (χ3v) is 5.07. The Hall–Kier alpha value is -2.44. The molecule has 0 radical (unpaired) electrons. The molecule has 0 fully saturated rings. The summed E-state index contributed by atoms with van der Waals surface area (Å²) in [6.45, 7) is 3.56. The van der Waals surface area contributed by atoms with Crippen LogP contribution in [0, 0.1) is 13.8 Å². The predicted molar refractivity (Wildman–Crippen MR) is 96.2 cm³/mol. The highest BCUT2D eigenvalue weighted by Crippen LogP contribution is 2.23. The second-order valence-electron chi connectivity index (χ2n) is 5.30. The topological polar surface area (TPSA) is 71.7 Å². The van der Waals surface area contributed by atoms with Crippen molar-refractivity contribution in [2.45, 2.75) is 13.8 Å². The van der Waals surface area contributed by atoms with Crippen LogP contribution in [0.25, 0.3) is 17.1 Å². The lowest BCUT2D eigenvalue weighted by Gasteiger charge is -2.01. The zero-order valence-electron chi connectivity index (χ0n) is 12.9. The van der Waals surface area contributed by atoms with Gasteiger partial charge >= 0.3 is 5.97 Å². The summed E-state index contributed by atoms with van der Waals surface area (Å²) < 4.78 is 1.24. The van der Waals surface area contributed by atoms with E-state index in [9.17, 15) is 14.7 Å². The van der Waals surface area contributed by atoms with Crippen LogP contribution < -0.4 is 5.56 Å². The lowest BCUT2D eigenvalue weighted by Crippen LogP contribution is -2.17. The molecule has 7 heteroatoms. The first kappa shape index (κ1) is 16.4.